The molecule has 3 heteroatoms. The van der Waals surface area contributed by atoms with E-state index in [0.29, 0.717) is 0 Å². The number of rotatable bonds is 5. The van der Waals surface area contributed by atoms with Gasteiger partial charge in [-0.15, -0.1) is 11.6 Å². The van der Waals surface area contributed by atoms with E-state index in [1.807, 2.05) is 18.2 Å². The van der Waals surface area contributed by atoms with Gasteiger partial charge in [0, 0.05) is 17.5 Å². The van der Waals surface area contributed by atoms with Crippen LogP contribution < -0.4 is 5.32 Å². The molecule has 0 saturated carbocycles. The molecule has 0 amide bonds. The molecule has 0 fully saturated rings. The molecule has 0 spiro atoms. The van der Waals surface area contributed by atoms with E-state index >= 15 is 0 Å². The van der Waals surface area contributed by atoms with Gasteiger partial charge < -0.3 is 10.4 Å². The van der Waals surface area contributed by atoms with Crippen LogP contribution in [0, 0.1) is 0 Å². The van der Waals surface area contributed by atoms with Crippen LogP contribution >= 0.6 is 11.6 Å². The molecule has 17 heavy (non-hydrogen) atoms. The van der Waals surface area contributed by atoms with E-state index in [-0.39, 0.29) is 17.5 Å². The summed E-state index contributed by atoms with van der Waals surface area (Å²) < 4.78 is 0. The van der Waals surface area contributed by atoms with Crippen LogP contribution in [0.3, 0.4) is 0 Å². The van der Waals surface area contributed by atoms with Crippen LogP contribution in [0.4, 0.5) is 0 Å². The topological polar surface area (TPSA) is 32.3 Å². The second kappa shape index (κ2) is 6.39. The van der Waals surface area contributed by atoms with Crippen molar-refractivity contribution in [1.29, 1.82) is 0 Å². The van der Waals surface area contributed by atoms with Crippen LogP contribution in [0.15, 0.2) is 30.3 Å². The smallest absolute Gasteiger partial charge is 0.0831 e. The maximum absolute atomic E-state index is 9.95. The van der Waals surface area contributed by atoms with Crippen molar-refractivity contribution >= 4 is 11.6 Å². The van der Waals surface area contributed by atoms with Gasteiger partial charge in [-0.2, -0.15) is 0 Å². The monoisotopic (exact) mass is 255 g/mol. The van der Waals surface area contributed by atoms with E-state index < -0.39 is 6.10 Å². The first-order chi connectivity index (χ1) is 7.92. The number of benzene rings is 1. The zero-order valence-corrected chi connectivity index (χ0v) is 11.5. The third kappa shape index (κ3) is 5.53. The summed E-state index contributed by atoms with van der Waals surface area (Å²) in [7, 11) is 0. The van der Waals surface area contributed by atoms with Gasteiger partial charge in [-0.05, 0) is 32.8 Å². The van der Waals surface area contributed by atoms with Crippen molar-refractivity contribution in [2.45, 2.75) is 44.9 Å². The number of aliphatic hydroxyl groups is 1. The van der Waals surface area contributed by atoms with Gasteiger partial charge in [0.15, 0.2) is 0 Å². The molecule has 0 bridgehead atoms. The molecule has 2 N–H and O–H groups in total. The third-order valence-electron chi connectivity index (χ3n) is 2.54. The summed E-state index contributed by atoms with van der Waals surface area (Å²) >= 11 is 5.75. The lowest BCUT2D eigenvalue weighted by Crippen LogP contribution is -2.51. The predicted molar refractivity (Wildman–Crippen MR) is 73.5 cm³/mol. The highest BCUT2D eigenvalue weighted by molar-refractivity contribution is 6.18. The Bertz CT molecular complexity index is 321. The molecule has 0 aromatic heterocycles. The summed E-state index contributed by atoms with van der Waals surface area (Å²) in [6.45, 7) is 6.27. The third-order valence-corrected chi connectivity index (χ3v) is 2.86. The van der Waals surface area contributed by atoms with Crippen molar-refractivity contribution in [2.24, 2.45) is 0 Å². The van der Waals surface area contributed by atoms with Gasteiger partial charge >= 0.3 is 0 Å². The van der Waals surface area contributed by atoms with E-state index in [1.54, 1.807) is 0 Å². The summed E-state index contributed by atoms with van der Waals surface area (Å²) in [6, 6.07) is 10.1. The molecule has 1 rings (SSSR count). The van der Waals surface area contributed by atoms with Crippen molar-refractivity contribution in [3.8, 4) is 0 Å². The number of hydrogen-bond acceptors (Lipinski definition) is 2. The van der Waals surface area contributed by atoms with Gasteiger partial charge in [0.05, 0.1) is 6.10 Å². The first-order valence-corrected chi connectivity index (χ1v) is 6.51. The van der Waals surface area contributed by atoms with Crippen molar-refractivity contribution in [2.75, 3.05) is 5.88 Å². The lowest BCUT2D eigenvalue weighted by Gasteiger charge is -2.31. The Morgan fingerprint density at radius 3 is 2.29 bits per heavy atom. The SMILES string of the molecule is CC(C)(C)NC(Cc1ccccc1)C(O)CCl. The molecule has 0 radical (unpaired) electrons. The minimum absolute atomic E-state index is 0.0186. The Kier molecular flexibility index (Phi) is 5.44. The van der Waals surface area contributed by atoms with E-state index in [2.05, 4.69) is 38.2 Å². The maximum atomic E-state index is 9.95. The quantitative estimate of drug-likeness (QED) is 0.793. The number of aliphatic hydroxyl groups excluding tert-OH is 1. The molecule has 96 valence electrons. The van der Waals surface area contributed by atoms with E-state index in [4.69, 9.17) is 11.6 Å². The number of nitrogens with one attached hydrogen (secondary N) is 1. The number of halogens is 1. The molecule has 0 saturated heterocycles. The van der Waals surface area contributed by atoms with E-state index in [1.165, 1.54) is 5.56 Å². The molecule has 2 nitrogen and oxygen atoms in total. The fraction of sp³-hybridized carbons (Fsp3) is 0.571. The summed E-state index contributed by atoms with van der Waals surface area (Å²) in [6.07, 6.45) is 0.252. The molecule has 0 heterocycles. The van der Waals surface area contributed by atoms with Crippen molar-refractivity contribution in [3.05, 3.63) is 35.9 Å². The molecule has 0 aliphatic heterocycles. The molecular weight excluding hydrogens is 234 g/mol. The van der Waals surface area contributed by atoms with Gasteiger partial charge in [-0.25, -0.2) is 0 Å². The molecule has 1 aromatic rings. The Balaban J connectivity index is 2.71. The fourth-order valence-electron chi connectivity index (χ4n) is 1.82. The van der Waals surface area contributed by atoms with Crippen LogP contribution in [0.25, 0.3) is 0 Å². The van der Waals surface area contributed by atoms with Crippen molar-refractivity contribution in [3.63, 3.8) is 0 Å². The van der Waals surface area contributed by atoms with E-state index in [0.717, 1.165) is 6.42 Å². The summed E-state index contributed by atoms with van der Waals surface area (Å²) in [5.41, 5.74) is 1.17. The lowest BCUT2D eigenvalue weighted by molar-refractivity contribution is 0.131. The normalized spacial score (nSPS) is 15.6. The number of alkyl halides is 1. The average molecular weight is 256 g/mol. The predicted octanol–water partition coefficient (Wildman–Crippen LogP) is 2.59. The largest absolute Gasteiger partial charge is 0.390 e. The second-order valence-corrected chi connectivity index (χ2v) is 5.72. The van der Waals surface area contributed by atoms with Gasteiger partial charge in [0.25, 0.3) is 0 Å². The van der Waals surface area contributed by atoms with Crippen molar-refractivity contribution < 1.29 is 5.11 Å². The Labute approximate surface area is 109 Å². The van der Waals surface area contributed by atoms with Gasteiger partial charge in [-0.3, -0.25) is 0 Å². The van der Waals surface area contributed by atoms with Gasteiger partial charge in [0.2, 0.25) is 0 Å². The fourth-order valence-corrected chi connectivity index (χ4v) is 2.03. The summed E-state index contributed by atoms with van der Waals surface area (Å²) in [4.78, 5) is 0. The Morgan fingerprint density at radius 2 is 1.82 bits per heavy atom. The molecule has 2 atom stereocenters. The zero-order chi connectivity index (χ0) is 12.9. The standard InChI is InChI=1S/C14H22ClNO/c1-14(2,3)16-12(13(17)10-15)9-11-7-5-4-6-8-11/h4-8,12-13,16-17H,9-10H2,1-3H3. The Hall–Kier alpha value is -0.570. The minimum atomic E-state index is -0.531. The van der Waals surface area contributed by atoms with E-state index in [9.17, 15) is 5.11 Å². The van der Waals surface area contributed by atoms with Crippen LogP contribution in [0.2, 0.25) is 0 Å². The molecular formula is C14H22ClNO. The summed E-state index contributed by atoms with van der Waals surface area (Å²) in [5.74, 6) is 0.251. The first kappa shape index (κ1) is 14.5. The minimum Gasteiger partial charge on any atom is -0.390 e. The Morgan fingerprint density at radius 1 is 1.24 bits per heavy atom. The zero-order valence-electron chi connectivity index (χ0n) is 10.8. The van der Waals surface area contributed by atoms with Crippen LogP contribution in [0.5, 0.6) is 0 Å². The van der Waals surface area contributed by atoms with Gasteiger partial charge in [-0.1, -0.05) is 30.3 Å². The molecule has 1 aromatic carbocycles. The average Bonchev–Trinajstić information content (AvgIpc) is 2.27. The van der Waals surface area contributed by atoms with Crippen LogP contribution in [-0.2, 0) is 6.42 Å². The van der Waals surface area contributed by atoms with Crippen LogP contribution in [-0.4, -0.2) is 28.7 Å². The van der Waals surface area contributed by atoms with Crippen molar-refractivity contribution in [1.82, 2.24) is 5.32 Å². The highest BCUT2D eigenvalue weighted by Crippen LogP contribution is 2.11. The first-order valence-electron chi connectivity index (χ1n) is 5.98. The highest BCUT2D eigenvalue weighted by atomic mass is 35.5. The maximum Gasteiger partial charge on any atom is 0.0831 e. The lowest BCUT2D eigenvalue weighted by atomic mass is 9.98. The van der Waals surface area contributed by atoms with Crippen LogP contribution in [0.1, 0.15) is 26.3 Å². The molecule has 0 aliphatic carbocycles. The van der Waals surface area contributed by atoms with Gasteiger partial charge in [0.1, 0.15) is 0 Å². The highest BCUT2D eigenvalue weighted by Gasteiger charge is 2.23. The second-order valence-electron chi connectivity index (χ2n) is 5.41. The summed E-state index contributed by atoms with van der Waals surface area (Å²) in [5, 5.41) is 13.4. The molecule has 0 aliphatic rings. The molecule has 2 unspecified atom stereocenters. The number of hydrogen-bond donors (Lipinski definition) is 2.